The summed E-state index contributed by atoms with van der Waals surface area (Å²) in [6.07, 6.45) is 2.95. The van der Waals surface area contributed by atoms with Crippen LogP contribution in [-0.4, -0.2) is 50.3 Å². The lowest BCUT2D eigenvalue weighted by atomic mass is 9.79. The fraction of sp³-hybridized carbons (Fsp3) is 0.379. The van der Waals surface area contributed by atoms with Crippen molar-refractivity contribution in [3.05, 3.63) is 69.5 Å². The molecule has 2 atom stereocenters. The molecule has 0 aliphatic carbocycles. The number of nitrogens with zero attached hydrogens (tertiary/aromatic N) is 3. The quantitative estimate of drug-likeness (QED) is 0.476. The van der Waals surface area contributed by atoms with Gasteiger partial charge in [0.1, 0.15) is 11.7 Å². The van der Waals surface area contributed by atoms with Gasteiger partial charge in [0, 0.05) is 19.0 Å². The highest BCUT2D eigenvalue weighted by molar-refractivity contribution is 5.98. The molecule has 0 spiro atoms. The van der Waals surface area contributed by atoms with Crippen LogP contribution in [0.1, 0.15) is 35.4 Å². The fourth-order valence-electron chi connectivity index (χ4n) is 5.59. The smallest absolute Gasteiger partial charge is 0.258 e. The summed E-state index contributed by atoms with van der Waals surface area (Å²) in [5.41, 5.74) is 1.65. The number of piperidine rings is 1. The van der Waals surface area contributed by atoms with Crippen LogP contribution < -0.4 is 30.0 Å². The molecule has 202 valence electrons. The maximum absolute atomic E-state index is 13.5. The summed E-state index contributed by atoms with van der Waals surface area (Å²) >= 11 is 0. The molecule has 10 nitrogen and oxygen atoms in total. The second kappa shape index (κ2) is 11.1. The second-order valence-electron chi connectivity index (χ2n) is 9.80. The number of H-pyrrole nitrogens is 1. The van der Waals surface area contributed by atoms with Gasteiger partial charge in [0.05, 0.1) is 33.0 Å². The van der Waals surface area contributed by atoms with E-state index in [2.05, 4.69) is 45.6 Å². The van der Waals surface area contributed by atoms with Gasteiger partial charge in [-0.3, -0.25) is 14.6 Å². The largest absolute Gasteiger partial charge is 0.493 e. The Morgan fingerprint density at radius 2 is 1.69 bits per heavy atom. The molecule has 2 unspecified atom stereocenters. The van der Waals surface area contributed by atoms with Crippen molar-refractivity contribution in [2.45, 2.75) is 25.2 Å². The number of carbonyl (C=O) groups excluding carboxylic acids is 1. The Balaban J connectivity index is 1.46. The third kappa shape index (κ3) is 5.00. The van der Waals surface area contributed by atoms with E-state index in [1.54, 1.807) is 12.1 Å². The predicted molar refractivity (Wildman–Crippen MR) is 146 cm³/mol. The average molecular weight is 530 g/mol. The molecule has 39 heavy (non-hydrogen) atoms. The van der Waals surface area contributed by atoms with Crippen LogP contribution in [0.2, 0.25) is 0 Å². The highest BCUT2D eigenvalue weighted by atomic mass is 16.5. The summed E-state index contributed by atoms with van der Waals surface area (Å²) in [4.78, 5) is 36.2. The highest BCUT2D eigenvalue weighted by Gasteiger charge is 2.41. The highest BCUT2D eigenvalue weighted by Crippen LogP contribution is 2.45. The molecule has 1 fully saturated rings. The van der Waals surface area contributed by atoms with Crippen molar-refractivity contribution >= 4 is 17.7 Å². The number of hydrogen-bond acceptors (Lipinski definition) is 8. The molecule has 1 amide bonds. The molecule has 2 aliphatic heterocycles. The van der Waals surface area contributed by atoms with Crippen molar-refractivity contribution in [2.75, 3.05) is 44.6 Å². The van der Waals surface area contributed by atoms with Crippen molar-refractivity contribution in [2.24, 2.45) is 11.8 Å². The van der Waals surface area contributed by atoms with Crippen LogP contribution in [0.25, 0.3) is 0 Å². The molecular weight excluding hydrogens is 498 g/mol. The van der Waals surface area contributed by atoms with E-state index in [0.717, 1.165) is 32.4 Å². The van der Waals surface area contributed by atoms with E-state index in [1.165, 1.54) is 26.9 Å². The number of nitriles is 1. The molecular formula is C29H31N5O5. The summed E-state index contributed by atoms with van der Waals surface area (Å²) in [6, 6.07) is 15.8. The Morgan fingerprint density at radius 1 is 1.03 bits per heavy atom. The molecule has 3 heterocycles. The Morgan fingerprint density at radius 3 is 2.28 bits per heavy atom. The first kappa shape index (κ1) is 26.1. The maximum Gasteiger partial charge on any atom is 0.258 e. The van der Waals surface area contributed by atoms with Crippen LogP contribution >= 0.6 is 0 Å². The Hall–Kier alpha value is -4.52. The SMILES string of the molecule is COc1cc(C2c3c(nc(N4CCC(Cc5ccccc5)CC4)[nH]c3=O)NC(=O)C2C#N)cc(OC)c1OC. The van der Waals surface area contributed by atoms with Crippen LogP contribution in [0.3, 0.4) is 0 Å². The molecule has 3 aromatic rings. The van der Waals surface area contributed by atoms with Gasteiger partial charge in [-0.1, -0.05) is 30.3 Å². The van der Waals surface area contributed by atoms with Gasteiger partial charge in [-0.2, -0.15) is 10.2 Å². The lowest BCUT2D eigenvalue weighted by Crippen LogP contribution is -2.41. The zero-order valence-corrected chi connectivity index (χ0v) is 22.2. The maximum atomic E-state index is 13.5. The number of aromatic nitrogens is 2. The molecule has 0 saturated carbocycles. The Kier molecular flexibility index (Phi) is 7.41. The molecule has 0 radical (unpaired) electrons. The van der Waals surface area contributed by atoms with E-state index < -0.39 is 23.3 Å². The van der Waals surface area contributed by atoms with Gasteiger partial charge in [-0.15, -0.1) is 0 Å². The summed E-state index contributed by atoms with van der Waals surface area (Å²) < 4.78 is 16.4. The van der Waals surface area contributed by atoms with Crippen molar-refractivity contribution in [3.63, 3.8) is 0 Å². The molecule has 5 rings (SSSR count). The molecule has 0 bridgehead atoms. The van der Waals surface area contributed by atoms with Crippen LogP contribution in [0.5, 0.6) is 17.2 Å². The van der Waals surface area contributed by atoms with Gasteiger partial charge in [0.25, 0.3) is 5.56 Å². The standard InChI is InChI=1S/C29H31N5O5/c1-37-21-14-19(15-22(38-2)25(21)39-3)23-20(16-30)27(35)31-26-24(23)28(36)33-29(32-26)34-11-9-18(10-12-34)13-17-7-5-4-6-8-17/h4-8,14-15,18,20,23H,9-13H2,1-3H3,(H2,31,32,33,35,36). The zero-order valence-electron chi connectivity index (χ0n) is 22.2. The first-order valence-corrected chi connectivity index (χ1v) is 12.9. The molecule has 2 N–H and O–H groups in total. The topological polar surface area (TPSA) is 130 Å². The third-order valence-electron chi connectivity index (χ3n) is 7.58. The number of carbonyl (C=O) groups is 1. The van der Waals surface area contributed by atoms with Crippen molar-refractivity contribution < 1.29 is 19.0 Å². The van der Waals surface area contributed by atoms with Gasteiger partial charge < -0.3 is 24.4 Å². The number of nitrogens with one attached hydrogen (secondary N) is 2. The molecule has 2 aliphatic rings. The normalized spacial score (nSPS) is 19.0. The van der Waals surface area contributed by atoms with Gasteiger partial charge in [-0.05, 0) is 48.4 Å². The number of benzene rings is 2. The van der Waals surface area contributed by atoms with E-state index in [0.29, 0.717) is 34.7 Å². The number of amides is 1. The van der Waals surface area contributed by atoms with Crippen molar-refractivity contribution in [3.8, 4) is 23.3 Å². The summed E-state index contributed by atoms with van der Waals surface area (Å²) in [5, 5.41) is 12.6. The Bertz CT molecular complexity index is 1430. The van der Waals surface area contributed by atoms with Gasteiger partial charge in [-0.25, -0.2) is 0 Å². The molecule has 2 aromatic carbocycles. The van der Waals surface area contributed by atoms with E-state index >= 15 is 0 Å². The number of anilines is 2. The summed E-state index contributed by atoms with van der Waals surface area (Å²) in [5.74, 6) is -0.339. The van der Waals surface area contributed by atoms with E-state index in [9.17, 15) is 14.9 Å². The van der Waals surface area contributed by atoms with Crippen molar-refractivity contribution in [1.82, 2.24) is 9.97 Å². The van der Waals surface area contributed by atoms with E-state index in [4.69, 9.17) is 14.2 Å². The number of fused-ring (bicyclic) bond motifs is 1. The first-order chi connectivity index (χ1) is 19.0. The Labute approximate surface area is 226 Å². The lowest BCUT2D eigenvalue weighted by Gasteiger charge is -2.34. The number of rotatable bonds is 7. The first-order valence-electron chi connectivity index (χ1n) is 12.9. The molecule has 1 saturated heterocycles. The van der Waals surface area contributed by atoms with Gasteiger partial charge in [0.2, 0.25) is 17.6 Å². The second-order valence-corrected chi connectivity index (χ2v) is 9.80. The van der Waals surface area contributed by atoms with Gasteiger partial charge >= 0.3 is 0 Å². The lowest BCUT2D eigenvalue weighted by molar-refractivity contribution is -0.119. The molecule has 1 aromatic heterocycles. The zero-order chi connectivity index (χ0) is 27.5. The van der Waals surface area contributed by atoms with E-state index in [1.807, 2.05) is 11.0 Å². The number of hydrogen-bond donors (Lipinski definition) is 2. The predicted octanol–water partition coefficient (Wildman–Crippen LogP) is 3.48. The number of methoxy groups -OCH3 is 3. The van der Waals surface area contributed by atoms with Gasteiger partial charge in [0.15, 0.2) is 11.5 Å². The minimum atomic E-state index is -1.15. The van der Waals surface area contributed by atoms with Crippen LogP contribution in [0.4, 0.5) is 11.8 Å². The fourth-order valence-corrected chi connectivity index (χ4v) is 5.59. The average Bonchev–Trinajstić information content (AvgIpc) is 2.96. The molecule has 10 heteroatoms. The summed E-state index contributed by atoms with van der Waals surface area (Å²) in [6.45, 7) is 1.48. The van der Waals surface area contributed by atoms with Crippen LogP contribution in [0, 0.1) is 23.2 Å². The number of aromatic amines is 1. The summed E-state index contributed by atoms with van der Waals surface area (Å²) in [7, 11) is 4.45. The third-order valence-corrected chi connectivity index (χ3v) is 7.58. The number of ether oxygens (including phenoxy) is 3. The minimum absolute atomic E-state index is 0.162. The minimum Gasteiger partial charge on any atom is -0.493 e. The monoisotopic (exact) mass is 529 g/mol. The van der Waals surface area contributed by atoms with E-state index in [-0.39, 0.29) is 11.4 Å². The van der Waals surface area contributed by atoms with Crippen LogP contribution in [-0.2, 0) is 11.2 Å². The van der Waals surface area contributed by atoms with Crippen molar-refractivity contribution in [1.29, 1.82) is 5.26 Å². The van der Waals surface area contributed by atoms with Crippen LogP contribution in [0.15, 0.2) is 47.3 Å².